The second-order valence-electron chi connectivity index (χ2n) is 11.0. The number of aliphatic hydroxyl groups excluding tert-OH is 2. The van der Waals surface area contributed by atoms with Crippen LogP contribution in [-0.2, 0) is 24.0 Å². The zero-order chi connectivity index (χ0) is 32.3. The van der Waals surface area contributed by atoms with Gasteiger partial charge in [-0.3, -0.25) is 24.0 Å². The predicted molar refractivity (Wildman–Crippen MR) is 176 cm³/mol. The van der Waals surface area contributed by atoms with Crippen LogP contribution in [0.5, 0.6) is 0 Å². The van der Waals surface area contributed by atoms with Crippen LogP contribution >= 0.6 is 23.5 Å². The van der Waals surface area contributed by atoms with E-state index in [1.165, 1.54) is 30.4 Å². The maximum Gasteiger partial charge on any atom is 0.229 e. The van der Waals surface area contributed by atoms with E-state index >= 15 is 0 Å². The van der Waals surface area contributed by atoms with E-state index in [-0.39, 0.29) is 59.9 Å². The molecule has 0 saturated carbocycles. The molecule has 5 N–H and O–H groups in total. The number of hydrogen-bond donors (Lipinski definition) is 5. The van der Waals surface area contributed by atoms with Crippen molar-refractivity contribution in [1.29, 1.82) is 0 Å². The summed E-state index contributed by atoms with van der Waals surface area (Å²) in [6.07, 6.45) is 7.84. The molecule has 0 heterocycles. The van der Waals surface area contributed by atoms with Gasteiger partial charge in [-0.2, -0.15) is 11.8 Å². The van der Waals surface area contributed by atoms with Crippen LogP contribution in [0.15, 0.2) is 0 Å². The van der Waals surface area contributed by atoms with Crippen LogP contribution in [0.25, 0.3) is 0 Å². The molecule has 0 radical (unpaired) electrons. The van der Waals surface area contributed by atoms with Gasteiger partial charge in [-0.1, -0.05) is 33.1 Å². The minimum atomic E-state index is -0.815. The van der Waals surface area contributed by atoms with Crippen molar-refractivity contribution in [3.63, 3.8) is 0 Å². The molecule has 10 nitrogen and oxygen atoms in total. The Bertz CT molecular complexity index is 801. The number of carbonyl (C=O) groups is 5. The number of nitrogens with one attached hydrogen (secondary N) is 3. The van der Waals surface area contributed by atoms with Gasteiger partial charge in [0, 0.05) is 50.1 Å². The molecule has 250 valence electrons. The number of thioether (sulfide) groups is 2. The number of amides is 3. The van der Waals surface area contributed by atoms with Gasteiger partial charge >= 0.3 is 0 Å². The highest BCUT2D eigenvalue weighted by atomic mass is 32.2. The quantitative estimate of drug-likeness (QED) is 0.0768. The van der Waals surface area contributed by atoms with Crippen LogP contribution in [-0.4, -0.2) is 94.9 Å². The molecule has 0 aromatic carbocycles. The van der Waals surface area contributed by atoms with Crippen LogP contribution in [0.4, 0.5) is 0 Å². The molecule has 0 fully saturated rings. The van der Waals surface area contributed by atoms with E-state index in [0.29, 0.717) is 37.4 Å². The first-order chi connectivity index (χ1) is 20.6. The third-order valence-corrected chi connectivity index (χ3v) is 9.24. The van der Waals surface area contributed by atoms with E-state index in [1.54, 1.807) is 0 Å². The van der Waals surface area contributed by atoms with Gasteiger partial charge in [0.1, 0.15) is 11.6 Å². The molecule has 0 bridgehead atoms. The molecule has 0 aromatic heterocycles. The van der Waals surface area contributed by atoms with Crippen molar-refractivity contribution < 1.29 is 34.2 Å². The molecule has 0 saturated heterocycles. The van der Waals surface area contributed by atoms with Gasteiger partial charge in [0.25, 0.3) is 0 Å². The Hall–Kier alpha value is -1.63. The lowest BCUT2D eigenvalue weighted by Crippen LogP contribution is -2.27. The zero-order valence-electron chi connectivity index (χ0n) is 26.6. The van der Waals surface area contributed by atoms with Gasteiger partial charge in [-0.05, 0) is 57.6 Å². The molecule has 43 heavy (non-hydrogen) atoms. The first kappa shape index (κ1) is 41.4. The summed E-state index contributed by atoms with van der Waals surface area (Å²) in [4.78, 5) is 60.7. The normalized spacial score (nSPS) is 13.1. The fourth-order valence-corrected chi connectivity index (χ4v) is 5.94. The molecule has 3 amide bonds. The van der Waals surface area contributed by atoms with Gasteiger partial charge in [-0.25, -0.2) is 0 Å². The van der Waals surface area contributed by atoms with Crippen molar-refractivity contribution in [3.8, 4) is 0 Å². The standard InChI is InChI=1S/C31H57N3O7S2/c1-4-6-15-32-29(39)14-11-18-42-22-30(40)33-17-10-8-13-26(24(3)36)19-28(38)25(5-2)12-7-9-16-34-31(41)23-43-21-27(37)20-35/h25-27,35,37H,4-23H2,1-3H3,(H,32,39)(H,33,40)(H,34,41)/t25-,26+,27?/m0/s1. The highest BCUT2D eigenvalue weighted by Gasteiger charge is 2.23. The molecule has 0 aliphatic rings. The molecule has 0 aliphatic heterocycles. The van der Waals surface area contributed by atoms with Crippen molar-refractivity contribution in [1.82, 2.24) is 16.0 Å². The summed E-state index contributed by atoms with van der Waals surface area (Å²) in [6, 6.07) is 0. The molecular formula is C31H57N3O7S2. The predicted octanol–water partition coefficient (Wildman–Crippen LogP) is 3.27. The van der Waals surface area contributed by atoms with Gasteiger partial charge in [0.2, 0.25) is 17.7 Å². The lowest BCUT2D eigenvalue weighted by Gasteiger charge is -2.18. The number of rotatable bonds is 29. The summed E-state index contributed by atoms with van der Waals surface area (Å²) in [5.41, 5.74) is 0. The van der Waals surface area contributed by atoms with E-state index in [1.807, 2.05) is 6.92 Å². The highest BCUT2D eigenvalue weighted by Crippen LogP contribution is 2.22. The maximum atomic E-state index is 12.9. The number of ketones is 2. The Kier molecular flexibility index (Phi) is 26.8. The Morgan fingerprint density at radius 3 is 1.84 bits per heavy atom. The number of carbonyl (C=O) groups excluding carboxylic acids is 5. The van der Waals surface area contributed by atoms with E-state index in [9.17, 15) is 29.1 Å². The van der Waals surface area contributed by atoms with Crippen LogP contribution in [0.2, 0.25) is 0 Å². The van der Waals surface area contributed by atoms with Crippen molar-refractivity contribution >= 4 is 52.8 Å². The smallest absolute Gasteiger partial charge is 0.229 e. The largest absolute Gasteiger partial charge is 0.394 e. The number of hydrogen-bond acceptors (Lipinski definition) is 9. The summed E-state index contributed by atoms with van der Waals surface area (Å²) in [7, 11) is 0. The Morgan fingerprint density at radius 2 is 1.28 bits per heavy atom. The van der Waals surface area contributed by atoms with Crippen molar-refractivity contribution in [2.24, 2.45) is 11.8 Å². The number of Topliss-reactive ketones (excluding diaryl/α,β-unsaturated/α-hetero) is 2. The van der Waals surface area contributed by atoms with Crippen molar-refractivity contribution in [2.75, 3.05) is 49.3 Å². The van der Waals surface area contributed by atoms with E-state index in [2.05, 4.69) is 22.9 Å². The molecule has 0 rings (SSSR count). The third kappa shape index (κ3) is 24.4. The van der Waals surface area contributed by atoms with E-state index < -0.39 is 6.10 Å². The fourth-order valence-electron chi connectivity index (χ4n) is 4.37. The lowest BCUT2D eigenvalue weighted by molar-refractivity contribution is -0.129. The molecule has 0 spiro atoms. The summed E-state index contributed by atoms with van der Waals surface area (Å²) in [6.45, 7) is 7.07. The molecular weight excluding hydrogens is 590 g/mol. The highest BCUT2D eigenvalue weighted by molar-refractivity contribution is 8.00. The summed E-state index contributed by atoms with van der Waals surface area (Å²) < 4.78 is 0. The first-order valence-electron chi connectivity index (χ1n) is 15.9. The molecule has 3 atom stereocenters. The average Bonchev–Trinajstić information content (AvgIpc) is 2.97. The van der Waals surface area contributed by atoms with E-state index in [4.69, 9.17) is 5.11 Å². The second-order valence-corrected chi connectivity index (χ2v) is 13.1. The van der Waals surface area contributed by atoms with Crippen LogP contribution in [0.1, 0.15) is 97.8 Å². The first-order valence-corrected chi connectivity index (χ1v) is 18.2. The topological polar surface area (TPSA) is 162 Å². The van der Waals surface area contributed by atoms with Crippen molar-refractivity contribution in [3.05, 3.63) is 0 Å². The Labute approximate surface area is 267 Å². The fraction of sp³-hybridized carbons (Fsp3) is 0.839. The summed E-state index contributed by atoms with van der Waals surface area (Å²) in [5.74, 6) is 1.33. The van der Waals surface area contributed by atoms with Crippen LogP contribution < -0.4 is 16.0 Å². The third-order valence-electron chi connectivity index (χ3n) is 7.11. The molecule has 0 aliphatic carbocycles. The summed E-state index contributed by atoms with van der Waals surface area (Å²) >= 11 is 2.79. The maximum absolute atomic E-state index is 12.9. The molecule has 0 aromatic rings. The lowest BCUT2D eigenvalue weighted by atomic mass is 9.85. The minimum Gasteiger partial charge on any atom is -0.394 e. The van der Waals surface area contributed by atoms with Crippen LogP contribution in [0.3, 0.4) is 0 Å². The average molecular weight is 648 g/mol. The number of aliphatic hydroxyl groups is 2. The Balaban J connectivity index is 4.07. The molecule has 12 heteroatoms. The number of unbranched alkanes of at least 4 members (excludes halogenated alkanes) is 3. The SMILES string of the molecule is CCCCNC(=O)CCCSCC(=O)NCCCC[C@H](CC(=O)[C@@H](CC)CCCCNC(=O)CSCC(O)CO)C(C)=O. The van der Waals surface area contributed by atoms with Gasteiger partial charge in [-0.15, -0.1) is 11.8 Å². The van der Waals surface area contributed by atoms with Gasteiger partial charge in [0.05, 0.1) is 24.2 Å². The van der Waals surface area contributed by atoms with Crippen molar-refractivity contribution in [2.45, 2.75) is 104 Å². The molecule has 1 unspecified atom stereocenters. The van der Waals surface area contributed by atoms with Gasteiger partial charge in [0.15, 0.2) is 0 Å². The Morgan fingerprint density at radius 1 is 0.721 bits per heavy atom. The zero-order valence-corrected chi connectivity index (χ0v) is 28.3. The van der Waals surface area contributed by atoms with Crippen LogP contribution in [0, 0.1) is 11.8 Å². The minimum absolute atomic E-state index is 0.0229. The summed E-state index contributed by atoms with van der Waals surface area (Å²) in [5, 5.41) is 26.7. The monoisotopic (exact) mass is 647 g/mol. The van der Waals surface area contributed by atoms with Gasteiger partial charge < -0.3 is 26.2 Å². The van der Waals surface area contributed by atoms with E-state index in [0.717, 1.165) is 70.1 Å². The second kappa shape index (κ2) is 27.9.